The molecule has 0 bridgehead atoms. The molecule has 0 aliphatic carbocycles. The van der Waals surface area contributed by atoms with Crippen LogP contribution in [-0.2, 0) is 21.9 Å². The number of rotatable bonds is 8. The number of aryl methyl sites for hydroxylation is 1. The molecule has 0 amide bonds. The van der Waals surface area contributed by atoms with Gasteiger partial charge in [-0.1, -0.05) is 58.7 Å². The van der Waals surface area contributed by atoms with Crippen LogP contribution in [0.1, 0.15) is 67.8 Å². The van der Waals surface area contributed by atoms with E-state index in [2.05, 4.69) is 32.4 Å². The zero-order chi connectivity index (χ0) is 20.2. The van der Waals surface area contributed by atoms with Crippen molar-refractivity contribution in [3.05, 3.63) is 50.4 Å². The van der Waals surface area contributed by atoms with Crippen molar-refractivity contribution in [1.82, 2.24) is 0 Å². The van der Waals surface area contributed by atoms with Gasteiger partial charge in [0, 0.05) is 4.88 Å². The first-order valence-electron chi connectivity index (χ1n) is 8.96. The van der Waals surface area contributed by atoms with Gasteiger partial charge < -0.3 is 14.6 Å². The first-order chi connectivity index (χ1) is 12.6. The van der Waals surface area contributed by atoms with Crippen LogP contribution in [0, 0.1) is 0 Å². The second kappa shape index (κ2) is 12.2. The molecule has 0 saturated carbocycles. The monoisotopic (exact) mass is 453 g/mol. The fourth-order valence-corrected chi connectivity index (χ4v) is 4.73. The number of carbonyl (C=O) groups is 1. The smallest absolute Gasteiger partial charge is 0.571 e. The molecular weight excluding hydrogens is 428 g/mol. The zero-order valence-corrected chi connectivity index (χ0v) is 23.7. The summed E-state index contributed by atoms with van der Waals surface area (Å²) in [7, 11) is -4.03. The summed E-state index contributed by atoms with van der Waals surface area (Å²) in [5.74, 6) is -1.43. The number of sulfonamides is 1. The SMILES string of the molecule is CCCCCc1cc(C(C)(C)C)ccc1S(=O)(=O)[N-]c1ccsc1C(=O)[O-].[Na+].[Na+]. The summed E-state index contributed by atoms with van der Waals surface area (Å²) in [5.41, 5.74) is 1.59. The quantitative estimate of drug-likeness (QED) is 0.361. The van der Waals surface area contributed by atoms with Crippen LogP contribution in [0.3, 0.4) is 0 Å². The molecule has 0 saturated heterocycles. The molecule has 0 aliphatic rings. The van der Waals surface area contributed by atoms with Crippen molar-refractivity contribution in [2.45, 2.75) is 63.7 Å². The normalized spacial score (nSPS) is 11.3. The molecule has 1 aromatic heterocycles. The van der Waals surface area contributed by atoms with E-state index in [1.54, 1.807) is 12.1 Å². The largest absolute Gasteiger partial charge is 1.00 e. The van der Waals surface area contributed by atoms with Crippen molar-refractivity contribution in [1.29, 1.82) is 0 Å². The van der Waals surface area contributed by atoms with E-state index in [4.69, 9.17) is 0 Å². The number of aromatic carboxylic acids is 1. The van der Waals surface area contributed by atoms with Crippen LogP contribution in [-0.4, -0.2) is 14.4 Å². The van der Waals surface area contributed by atoms with Crippen molar-refractivity contribution in [3.8, 4) is 0 Å². The summed E-state index contributed by atoms with van der Waals surface area (Å²) in [6.45, 7) is 8.33. The van der Waals surface area contributed by atoms with Crippen LogP contribution in [0.15, 0.2) is 34.5 Å². The summed E-state index contributed by atoms with van der Waals surface area (Å²) >= 11 is 0.900. The summed E-state index contributed by atoms with van der Waals surface area (Å²) < 4.78 is 29.6. The minimum absolute atomic E-state index is 0. The van der Waals surface area contributed by atoms with Gasteiger partial charge in [-0.15, -0.1) is 17.0 Å². The van der Waals surface area contributed by atoms with Gasteiger partial charge in [0.05, 0.1) is 10.9 Å². The predicted octanol–water partition coefficient (Wildman–Crippen LogP) is -1.46. The topological polar surface area (TPSA) is 88.4 Å². The Morgan fingerprint density at radius 2 is 1.79 bits per heavy atom. The van der Waals surface area contributed by atoms with Gasteiger partial charge in [-0.05, 0) is 40.8 Å². The molecular formula is C20H25NNa2O4S2. The molecule has 148 valence electrons. The Bertz CT molecular complexity index is 919. The van der Waals surface area contributed by atoms with Gasteiger partial charge in [-0.25, -0.2) is 8.42 Å². The predicted molar refractivity (Wildman–Crippen MR) is 107 cm³/mol. The third-order valence-corrected chi connectivity index (χ3v) is 6.58. The van der Waals surface area contributed by atoms with Crippen molar-refractivity contribution >= 4 is 33.0 Å². The van der Waals surface area contributed by atoms with Crippen LogP contribution < -0.4 is 64.2 Å². The number of carboxylic acids is 1. The van der Waals surface area contributed by atoms with E-state index in [0.29, 0.717) is 6.42 Å². The van der Waals surface area contributed by atoms with Crippen LogP contribution in [0.5, 0.6) is 0 Å². The van der Waals surface area contributed by atoms with Crippen molar-refractivity contribution < 1.29 is 77.4 Å². The van der Waals surface area contributed by atoms with Crippen LogP contribution >= 0.6 is 11.3 Å². The molecule has 29 heavy (non-hydrogen) atoms. The molecule has 2 aromatic rings. The van der Waals surface area contributed by atoms with Crippen molar-refractivity contribution in [3.63, 3.8) is 0 Å². The fraction of sp³-hybridized carbons (Fsp3) is 0.450. The summed E-state index contributed by atoms with van der Waals surface area (Å²) in [4.78, 5) is 11.1. The van der Waals surface area contributed by atoms with Gasteiger partial charge in [-0.3, -0.25) is 0 Å². The molecule has 0 spiro atoms. The number of carbonyl (C=O) groups excluding carboxylic acids is 1. The molecule has 0 radical (unpaired) electrons. The van der Waals surface area contributed by atoms with E-state index in [0.717, 1.165) is 41.7 Å². The van der Waals surface area contributed by atoms with Crippen LogP contribution in [0.25, 0.3) is 4.72 Å². The molecule has 0 fully saturated rings. The molecule has 9 heteroatoms. The number of nitrogens with zero attached hydrogens (tertiary/aromatic N) is 1. The number of carboxylic acid groups (broad SMARTS) is 1. The standard InChI is InChI=1S/C20H26NO4S2.2Na/c1-5-6-7-8-14-13-15(20(2,3)4)9-10-17(14)27(24,25)21-16-11-12-26-18(16)19(22)23;;/h9-13H,5-8H2,1-4H3,(H,22,23);;/q-1;2*+1/p-1. The zero-order valence-electron chi connectivity index (χ0n) is 18.1. The summed E-state index contributed by atoms with van der Waals surface area (Å²) in [5, 5.41) is 12.6. The van der Waals surface area contributed by atoms with E-state index >= 15 is 0 Å². The van der Waals surface area contributed by atoms with Crippen molar-refractivity contribution in [2.75, 3.05) is 0 Å². The molecule has 0 atom stereocenters. The fourth-order valence-electron chi connectivity index (χ4n) is 2.76. The second-order valence-electron chi connectivity index (χ2n) is 7.52. The molecule has 2 rings (SSSR count). The van der Waals surface area contributed by atoms with E-state index in [-0.39, 0.29) is 80.0 Å². The number of hydrogen-bond acceptors (Lipinski definition) is 5. The Kier molecular flexibility index (Phi) is 12.3. The van der Waals surface area contributed by atoms with Gasteiger partial charge >= 0.3 is 59.1 Å². The van der Waals surface area contributed by atoms with Crippen LogP contribution in [0.4, 0.5) is 5.69 Å². The Morgan fingerprint density at radius 3 is 2.34 bits per heavy atom. The van der Waals surface area contributed by atoms with Gasteiger partial charge in [0.1, 0.15) is 10.0 Å². The summed E-state index contributed by atoms with van der Waals surface area (Å²) in [6.07, 6.45) is 3.57. The van der Waals surface area contributed by atoms with Gasteiger partial charge in [-0.2, -0.15) is 0 Å². The second-order valence-corrected chi connectivity index (χ2v) is 10.0. The van der Waals surface area contributed by atoms with Crippen LogP contribution in [0.2, 0.25) is 0 Å². The number of hydrogen-bond donors (Lipinski definition) is 0. The third-order valence-electron chi connectivity index (χ3n) is 4.30. The van der Waals surface area contributed by atoms with Gasteiger partial charge in [0.2, 0.25) is 0 Å². The summed E-state index contributed by atoms with van der Waals surface area (Å²) in [6, 6.07) is 6.71. The average molecular weight is 454 g/mol. The first kappa shape index (κ1) is 29.1. The van der Waals surface area contributed by atoms with E-state index in [1.165, 1.54) is 11.4 Å². The average Bonchev–Trinajstić information content (AvgIpc) is 3.01. The minimum Gasteiger partial charge on any atom is -0.571 e. The third kappa shape index (κ3) is 7.96. The van der Waals surface area contributed by atoms with Gasteiger partial charge in [0.15, 0.2) is 0 Å². The molecule has 0 aliphatic heterocycles. The minimum atomic E-state index is -4.03. The van der Waals surface area contributed by atoms with E-state index in [1.807, 2.05) is 6.07 Å². The first-order valence-corrected chi connectivity index (χ1v) is 11.3. The molecule has 0 unspecified atom stereocenters. The number of unbranched alkanes of at least 4 members (excludes halogenated alkanes) is 2. The maximum absolute atomic E-state index is 12.9. The Labute approximate surface area is 222 Å². The maximum atomic E-state index is 12.9. The van der Waals surface area contributed by atoms with Crippen molar-refractivity contribution in [2.24, 2.45) is 0 Å². The maximum Gasteiger partial charge on any atom is 1.00 e. The Hall–Kier alpha value is 0.140. The van der Waals surface area contributed by atoms with E-state index in [9.17, 15) is 18.3 Å². The van der Waals surface area contributed by atoms with E-state index < -0.39 is 16.0 Å². The molecule has 5 nitrogen and oxygen atoms in total. The number of benzene rings is 1. The molecule has 1 aromatic carbocycles. The number of thiophene rings is 1. The Morgan fingerprint density at radius 1 is 1.14 bits per heavy atom. The Balaban J connectivity index is 0.00000392. The van der Waals surface area contributed by atoms with Gasteiger partial charge in [0.25, 0.3) is 0 Å². The molecule has 0 N–H and O–H groups in total. The molecule has 1 heterocycles.